The van der Waals surface area contributed by atoms with Crippen LogP contribution < -0.4 is 16.2 Å². The van der Waals surface area contributed by atoms with Crippen molar-refractivity contribution < 1.29 is 4.79 Å². The number of H-pyrrole nitrogens is 1. The van der Waals surface area contributed by atoms with Crippen LogP contribution in [0.2, 0.25) is 0 Å². The molecule has 3 N–H and O–H groups in total. The Hall–Kier alpha value is -2.93. The number of aromatic amines is 1. The number of nitrogens with zero attached hydrogens (tertiary/aromatic N) is 3. The molecule has 1 aliphatic heterocycles. The van der Waals surface area contributed by atoms with Gasteiger partial charge < -0.3 is 10.6 Å². The minimum Gasteiger partial charge on any atom is -0.326 e. The Morgan fingerprint density at radius 3 is 2.93 bits per heavy atom. The van der Waals surface area contributed by atoms with E-state index in [9.17, 15) is 9.59 Å². The fourth-order valence-corrected chi connectivity index (χ4v) is 4.01. The highest BCUT2D eigenvalue weighted by Crippen LogP contribution is 2.30. The number of anilines is 1. The third kappa shape index (κ3) is 2.94. The fourth-order valence-electron chi connectivity index (χ4n) is 4.01. The van der Waals surface area contributed by atoms with Crippen molar-refractivity contribution in [3.05, 3.63) is 62.7 Å². The molecule has 0 saturated heterocycles. The van der Waals surface area contributed by atoms with Crippen LogP contribution in [0.1, 0.15) is 34.5 Å². The predicted molar refractivity (Wildman–Crippen MR) is 104 cm³/mol. The Balaban J connectivity index is 1.70. The lowest BCUT2D eigenvalue weighted by Gasteiger charge is -2.31. The lowest BCUT2D eigenvalue weighted by molar-refractivity contribution is -0.118. The topological polar surface area (TPSA) is 96.5 Å². The van der Waals surface area contributed by atoms with Gasteiger partial charge in [0.1, 0.15) is 0 Å². The molecule has 1 amide bonds. The highest BCUT2D eigenvalue weighted by Gasteiger charge is 2.25. The average Bonchev–Trinajstić information content (AvgIpc) is 3.04. The van der Waals surface area contributed by atoms with Crippen LogP contribution in [0.4, 0.5) is 5.69 Å². The second-order valence-electron chi connectivity index (χ2n) is 7.02. The second kappa shape index (κ2) is 6.66. The van der Waals surface area contributed by atoms with Gasteiger partial charge in [-0.1, -0.05) is 12.1 Å². The molecule has 0 unspecified atom stereocenters. The number of rotatable bonds is 3. The van der Waals surface area contributed by atoms with E-state index in [2.05, 4.69) is 10.1 Å². The number of carbonyl (C=O) groups is 1. The van der Waals surface area contributed by atoms with Gasteiger partial charge in [0, 0.05) is 41.8 Å². The van der Waals surface area contributed by atoms with Crippen molar-refractivity contribution in [1.82, 2.24) is 14.6 Å². The quantitative estimate of drug-likeness (QED) is 0.737. The first-order valence-corrected chi connectivity index (χ1v) is 9.18. The van der Waals surface area contributed by atoms with E-state index >= 15 is 0 Å². The number of hydrogen-bond donors (Lipinski definition) is 2. The van der Waals surface area contributed by atoms with E-state index in [-0.39, 0.29) is 17.9 Å². The molecule has 0 radical (unpaired) electrons. The molecule has 1 aliphatic rings. The highest BCUT2D eigenvalue weighted by molar-refractivity contribution is 5.96. The van der Waals surface area contributed by atoms with Gasteiger partial charge in [0.25, 0.3) is 5.56 Å². The predicted octanol–water partition coefficient (Wildman–Crippen LogP) is 1.62. The van der Waals surface area contributed by atoms with E-state index in [0.717, 1.165) is 41.0 Å². The van der Waals surface area contributed by atoms with Crippen molar-refractivity contribution in [3.63, 3.8) is 0 Å². The number of carbonyl (C=O) groups excluding carboxylic acids is 1. The molecule has 27 heavy (non-hydrogen) atoms. The summed E-state index contributed by atoms with van der Waals surface area (Å²) in [4.78, 5) is 31.1. The molecule has 3 heterocycles. The molecule has 1 aromatic carbocycles. The van der Waals surface area contributed by atoms with Gasteiger partial charge in [-0.25, -0.2) is 9.50 Å². The molecule has 140 valence electrons. The van der Waals surface area contributed by atoms with Crippen molar-refractivity contribution in [2.45, 2.75) is 39.7 Å². The summed E-state index contributed by atoms with van der Waals surface area (Å²) in [5.74, 6) is 0.0342. The Bertz CT molecular complexity index is 1100. The van der Waals surface area contributed by atoms with Gasteiger partial charge >= 0.3 is 0 Å². The Kier molecular flexibility index (Phi) is 4.31. The lowest BCUT2D eigenvalue weighted by Crippen LogP contribution is -2.37. The second-order valence-corrected chi connectivity index (χ2v) is 7.02. The van der Waals surface area contributed by atoms with Crippen molar-refractivity contribution in [2.24, 2.45) is 5.73 Å². The molecule has 0 bridgehead atoms. The summed E-state index contributed by atoms with van der Waals surface area (Å²) in [6.45, 7) is 4.96. The Morgan fingerprint density at radius 1 is 1.33 bits per heavy atom. The maximum atomic E-state index is 13.2. The van der Waals surface area contributed by atoms with Crippen LogP contribution in [0.15, 0.2) is 29.1 Å². The van der Waals surface area contributed by atoms with E-state index in [0.29, 0.717) is 18.7 Å². The zero-order valence-corrected chi connectivity index (χ0v) is 15.6. The van der Waals surface area contributed by atoms with Crippen LogP contribution in [0, 0.1) is 13.8 Å². The minimum absolute atomic E-state index is 0.0342. The zero-order chi connectivity index (χ0) is 19.1. The van der Waals surface area contributed by atoms with E-state index < -0.39 is 0 Å². The standard InChI is InChI=1S/C20H23N5O2/c1-12-16(13(2)25-18(22-12)10-19(26)23-25)9-20(27)24-8-4-6-15-14(11-21)5-3-7-17(15)24/h3,5,7,10H,4,6,8-9,11,21H2,1-2H3,(H,23,26). The molecule has 0 spiro atoms. The van der Waals surface area contributed by atoms with Crippen molar-refractivity contribution in [3.8, 4) is 0 Å². The molecule has 2 aromatic heterocycles. The summed E-state index contributed by atoms with van der Waals surface area (Å²) in [6, 6.07) is 7.44. The van der Waals surface area contributed by atoms with E-state index in [4.69, 9.17) is 5.73 Å². The van der Waals surface area contributed by atoms with Crippen molar-refractivity contribution in [1.29, 1.82) is 0 Å². The van der Waals surface area contributed by atoms with Gasteiger partial charge in [0.2, 0.25) is 5.91 Å². The van der Waals surface area contributed by atoms with Crippen LogP contribution in [-0.2, 0) is 24.2 Å². The summed E-state index contributed by atoms with van der Waals surface area (Å²) in [5.41, 5.74) is 11.9. The first-order valence-electron chi connectivity index (χ1n) is 9.18. The van der Waals surface area contributed by atoms with Gasteiger partial charge in [-0.15, -0.1) is 0 Å². The van der Waals surface area contributed by atoms with Crippen LogP contribution in [0.3, 0.4) is 0 Å². The first kappa shape index (κ1) is 17.5. The molecule has 4 rings (SSSR count). The van der Waals surface area contributed by atoms with Gasteiger partial charge in [-0.3, -0.25) is 14.7 Å². The Morgan fingerprint density at radius 2 is 2.15 bits per heavy atom. The normalized spacial score (nSPS) is 13.8. The molecular weight excluding hydrogens is 342 g/mol. The maximum Gasteiger partial charge on any atom is 0.266 e. The number of benzene rings is 1. The number of nitrogens with one attached hydrogen (secondary N) is 1. The summed E-state index contributed by atoms with van der Waals surface area (Å²) in [6.07, 6.45) is 2.12. The maximum absolute atomic E-state index is 13.2. The van der Waals surface area contributed by atoms with Gasteiger partial charge in [-0.2, -0.15) is 0 Å². The fraction of sp³-hybridized carbons (Fsp3) is 0.350. The molecule has 7 nitrogen and oxygen atoms in total. The number of hydrogen-bond acceptors (Lipinski definition) is 4. The highest BCUT2D eigenvalue weighted by atomic mass is 16.2. The van der Waals surface area contributed by atoms with Crippen LogP contribution in [0.5, 0.6) is 0 Å². The van der Waals surface area contributed by atoms with E-state index in [1.165, 1.54) is 11.6 Å². The van der Waals surface area contributed by atoms with E-state index in [1.807, 2.05) is 36.9 Å². The van der Waals surface area contributed by atoms with Gasteiger partial charge in [0.05, 0.1) is 6.42 Å². The van der Waals surface area contributed by atoms with Crippen LogP contribution in [-0.4, -0.2) is 27.0 Å². The van der Waals surface area contributed by atoms with E-state index in [1.54, 1.807) is 4.52 Å². The van der Waals surface area contributed by atoms with Crippen LogP contribution in [0.25, 0.3) is 5.65 Å². The molecule has 7 heteroatoms. The zero-order valence-electron chi connectivity index (χ0n) is 15.6. The SMILES string of the molecule is Cc1nc2cc(=O)[nH]n2c(C)c1CC(=O)N1CCCc2c(CN)cccc21. The monoisotopic (exact) mass is 365 g/mol. The summed E-state index contributed by atoms with van der Waals surface area (Å²) in [7, 11) is 0. The molecular formula is C20H23N5O2. The summed E-state index contributed by atoms with van der Waals surface area (Å²) < 4.78 is 1.65. The lowest BCUT2D eigenvalue weighted by atomic mass is 9.95. The Labute approximate surface area is 156 Å². The largest absolute Gasteiger partial charge is 0.326 e. The van der Waals surface area contributed by atoms with Gasteiger partial charge in [-0.05, 0) is 43.9 Å². The van der Waals surface area contributed by atoms with Crippen molar-refractivity contribution in [2.75, 3.05) is 11.4 Å². The molecule has 0 fully saturated rings. The molecule has 0 atom stereocenters. The van der Waals surface area contributed by atoms with Crippen LogP contribution >= 0.6 is 0 Å². The smallest absolute Gasteiger partial charge is 0.266 e. The number of nitrogens with two attached hydrogens (primary N) is 1. The third-order valence-corrected chi connectivity index (χ3v) is 5.40. The molecule has 0 aliphatic carbocycles. The number of aryl methyl sites for hydroxylation is 2. The average molecular weight is 365 g/mol. The number of amides is 1. The third-order valence-electron chi connectivity index (χ3n) is 5.40. The molecule has 3 aromatic rings. The van der Waals surface area contributed by atoms with Gasteiger partial charge in [0.15, 0.2) is 5.65 Å². The minimum atomic E-state index is -0.201. The van der Waals surface area contributed by atoms with Crippen molar-refractivity contribution >= 4 is 17.2 Å². The number of fused-ring (bicyclic) bond motifs is 2. The summed E-state index contributed by atoms with van der Waals surface area (Å²) >= 11 is 0. The number of aromatic nitrogens is 3. The summed E-state index contributed by atoms with van der Waals surface area (Å²) in [5, 5.41) is 2.74. The molecule has 0 saturated carbocycles. The first-order chi connectivity index (χ1) is 13.0.